The van der Waals surface area contributed by atoms with Crippen LogP contribution in [0.3, 0.4) is 0 Å². The van der Waals surface area contributed by atoms with Crippen LogP contribution < -0.4 is 5.32 Å². The fourth-order valence-corrected chi connectivity index (χ4v) is 2.78. The SMILES string of the molecule is CC(NCc1ccc(F)c(Cl)c1)C(=O)N1CCCCCC1. The van der Waals surface area contributed by atoms with Gasteiger partial charge in [-0.15, -0.1) is 0 Å². The van der Waals surface area contributed by atoms with Crippen LogP contribution in [0.4, 0.5) is 4.39 Å². The van der Waals surface area contributed by atoms with Crippen molar-refractivity contribution in [2.75, 3.05) is 13.1 Å². The zero-order valence-corrected chi connectivity index (χ0v) is 13.1. The van der Waals surface area contributed by atoms with Gasteiger partial charge in [0.05, 0.1) is 11.1 Å². The van der Waals surface area contributed by atoms with Gasteiger partial charge in [-0.2, -0.15) is 0 Å². The van der Waals surface area contributed by atoms with Gasteiger partial charge in [0.2, 0.25) is 5.91 Å². The van der Waals surface area contributed by atoms with E-state index in [4.69, 9.17) is 11.6 Å². The first-order valence-corrected chi connectivity index (χ1v) is 7.92. The Kier molecular flexibility index (Phi) is 6.00. The molecule has 21 heavy (non-hydrogen) atoms. The minimum Gasteiger partial charge on any atom is -0.341 e. The van der Waals surface area contributed by atoms with Crippen molar-refractivity contribution in [2.24, 2.45) is 0 Å². The van der Waals surface area contributed by atoms with Gasteiger partial charge in [0.25, 0.3) is 0 Å². The van der Waals surface area contributed by atoms with Crippen LogP contribution in [0.1, 0.15) is 38.2 Å². The van der Waals surface area contributed by atoms with E-state index in [9.17, 15) is 9.18 Å². The lowest BCUT2D eigenvalue weighted by Crippen LogP contribution is -2.45. The van der Waals surface area contributed by atoms with E-state index >= 15 is 0 Å². The first-order valence-electron chi connectivity index (χ1n) is 7.54. The number of hydrogen-bond donors (Lipinski definition) is 1. The lowest BCUT2D eigenvalue weighted by atomic mass is 10.2. The molecular formula is C16H22ClFN2O. The molecular weight excluding hydrogens is 291 g/mol. The molecule has 1 aliphatic rings. The fourth-order valence-electron chi connectivity index (χ4n) is 2.57. The summed E-state index contributed by atoms with van der Waals surface area (Å²) >= 11 is 5.75. The highest BCUT2D eigenvalue weighted by atomic mass is 35.5. The van der Waals surface area contributed by atoms with E-state index in [1.54, 1.807) is 12.1 Å². The highest BCUT2D eigenvalue weighted by Crippen LogP contribution is 2.16. The summed E-state index contributed by atoms with van der Waals surface area (Å²) in [6.07, 6.45) is 4.59. The summed E-state index contributed by atoms with van der Waals surface area (Å²) in [7, 11) is 0. The Balaban J connectivity index is 1.86. The molecule has 1 amide bonds. The third-order valence-electron chi connectivity index (χ3n) is 3.88. The zero-order chi connectivity index (χ0) is 15.2. The van der Waals surface area contributed by atoms with Gasteiger partial charge < -0.3 is 10.2 Å². The van der Waals surface area contributed by atoms with Crippen LogP contribution in [0.15, 0.2) is 18.2 Å². The molecule has 116 valence electrons. The number of nitrogens with zero attached hydrogens (tertiary/aromatic N) is 1. The molecule has 0 aromatic heterocycles. The first kappa shape index (κ1) is 16.2. The van der Waals surface area contributed by atoms with Crippen molar-refractivity contribution in [2.45, 2.75) is 45.2 Å². The predicted molar refractivity (Wildman–Crippen MR) is 82.8 cm³/mol. The second-order valence-electron chi connectivity index (χ2n) is 5.59. The third-order valence-corrected chi connectivity index (χ3v) is 4.17. The molecule has 1 aliphatic heterocycles. The van der Waals surface area contributed by atoms with Gasteiger partial charge in [0.1, 0.15) is 5.82 Å². The van der Waals surface area contributed by atoms with Gasteiger partial charge in [0.15, 0.2) is 0 Å². The molecule has 2 rings (SSSR count). The zero-order valence-electron chi connectivity index (χ0n) is 12.4. The van der Waals surface area contributed by atoms with Gasteiger partial charge in [-0.25, -0.2) is 4.39 Å². The average molecular weight is 313 g/mol. The molecule has 0 radical (unpaired) electrons. The molecule has 1 aromatic carbocycles. The summed E-state index contributed by atoms with van der Waals surface area (Å²) in [5, 5.41) is 3.30. The number of carbonyl (C=O) groups excluding carboxylic acids is 1. The molecule has 3 nitrogen and oxygen atoms in total. The maximum atomic E-state index is 13.1. The normalized spacial score (nSPS) is 17.4. The summed E-state index contributed by atoms with van der Waals surface area (Å²) < 4.78 is 13.1. The van der Waals surface area contributed by atoms with E-state index in [0.717, 1.165) is 31.5 Å². The molecule has 1 N–H and O–H groups in total. The summed E-state index contributed by atoms with van der Waals surface area (Å²) in [4.78, 5) is 14.3. The number of benzene rings is 1. The van der Waals surface area contributed by atoms with E-state index in [1.807, 2.05) is 11.8 Å². The van der Waals surface area contributed by atoms with Crippen molar-refractivity contribution < 1.29 is 9.18 Å². The molecule has 1 heterocycles. The van der Waals surface area contributed by atoms with Crippen LogP contribution in [-0.2, 0) is 11.3 Å². The van der Waals surface area contributed by atoms with E-state index < -0.39 is 5.82 Å². The van der Waals surface area contributed by atoms with Gasteiger partial charge in [-0.1, -0.05) is 30.5 Å². The van der Waals surface area contributed by atoms with Crippen molar-refractivity contribution in [1.29, 1.82) is 0 Å². The monoisotopic (exact) mass is 312 g/mol. The molecule has 1 atom stereocenters. The topological polar surface area (TPSA) is 32.3 Å². The Hall–Kier alpha value is -1.13. The smallest absolute Gasteiger partial charge is 0.239 e. The van der Waals surface area contributed by atoms with Crippen LogP contribution in [0.25, 0.3) is 0 Å². The standard InChI is InChI=1S/C16H22ClFN2O/c1-12(16(21)20-8-4-2-3-5-9-20)19-11-13-6-7-15(18)14(17)10-13/h6-7,10,12,19H,2-5,8-9,11H2,1H3. The number of carbonyl (C=O) groups is 1. The number of likely N-dealkylation sites (tertiary alicyclic amines) is 1. The summed E-state index contributed by atoms with van der Waals surface area (Å²) in [5.74, 6) is -0.279. The molecule has 0 bridgehead atoms. The minimum absolute atomic E-state index is 0.112. The summed E-state index contributed by atoms with van der Waals surface area (Å²) in [6.45, 7) is 4.08. The van der Waals surface area contributed by atoms with Gasteiger partial charge in [-0.05, 0) is 37.5 Å². The number of halogens is 2. The minimum atomic E-state index is -0.422. The van der Waals surface area contributed by atoms with Gasteiger partial charge >= 0.3 is 0 Å². The predicted octanol–water partition coefficient (Wildman–Crippen LogP) is 3.36. The van der Waals surface area contributed by atoms with Crippen LogP contribution >= 0.6 is 11.6 Å². The Bertz CT molecular complexity index is 487. The third kappa shape index (κ3) is 4.68. The van der Waals surface area contributed by atoms with Crippen molar-refractivity contribution in [1.82, 2.24) is 10.2 Å². The van der Waals surface area contributed by atoms with E-state index in [0.29, 0.717) is 6.54 Å². The van der Waals surface area contributed by atoms with Crippen LogP contribution in [0.5, 0.6) is 0 Å². The highest BCUT2D eigenvalue weighted by Gasteiger charge is 2.20. The van der Waals surface area contributed by atoms with E-state index in [1.165, 1.54) is 18.9 Å². The van der Waals surface area contributed by atoms with Crippen molar-refractivity contribution in [3.05, 3.63) is 34.6 Å². The molecule has 5 heteroatoms. The average Bonchev–Trinajstić information content (AvgIpc) is 2.76. The Morgan fingerprint density at radius 1 is 1.33 bits per heavy atom. The molecule has 1 unspecified atom stereocenters. The van der Waals surface area contributed by atoms with Gasteiger partial charge in [0, 0.05) is 19.6 Å². The number of nitrogens with one attached hydrogen (secondary N) is 1. The molecule has 1 saturated heterocycles. The summed E-state index contributed by atoms with van der Waals surface area (Å²) in [5.41, 5.74) is 0.872. The Morgan fingerprint density at radius 3 is 2.62 bits per heavy atom. The maximum Gasteiger partial charge on any atom is 0.239 e. The maximum absolute atomic E-state index is 13.1. The lowest BCUT2D eigenvalue weighted by molar-refractivity contribution is -0.133. The van der Waals surface area contributed by atoms with Crippen molar-refractivity contribution >= 4 is 17.5 Å². The molecule has 1 aromatic rings. The van der Waals surface area contributed by atoms with Gasteiger partial charge in [-0.3, -0.25) is 4.79 Å². The largest absolute Gasteiger partial charge is 0.341 e. The number of rotatable bonds is 4. The van der Waals surface area contributed by atoms with E-state index in [-0.39, 0.29) is 17.0 Å². The number of amides is 1. The molecule has 0 saturated carbocycles. The Morgan fingerprint density at radius 2 is 2.00 bits per heavy atom. The molecule has 0 aliphatic carbocycles. The van der Waals surface area contributed by atoms with Crippen LogP contribution in [0, 0.1) is 5.82 Å². The van der Waals surface area contributed by atoms with E-state index in [2.05, 4.69) is 5.32 Å². The molecule has 0 spiro atoms. The highest BCUT2D eigenvalue weighted by molar-refractivity contribution is 6.30. The molecule has 1 fully saturated rings. The first-order chi connectivity index (χ1) is 10.1. The quantitative estimate of drug-likeness (QED) is 0.924. The van der Waals surface area contributed by atoms with Crippen LogP contribution in [-0.4, -0.2) is 29.9 Å². The van der Waals surface area contributed by atoms with Crippen molar-refractivity contribution in [3.8, 4) is 0 Å². The number of hydrogen-bond acceptors (Lipinski definition) is 2. The fraction of sp³-hybridized carbons (Fsp3) is 0.562. The van der Waals surface area contributed by atoms with Crippen LogP contribution in [0.2, 0.25) is 5.02 Å². The summed E-state index contributed by atoms with van der Waals surface area (Å²) in [6, 6.07) is 4.37. The second kappa shape index (κ2) is 7.76. The van der Waals surface area contributed by atoms with Crippen molar-refractivity contribution in [3.63, 3.8) is 0 Å². The second-order valence-corrected chi connectivity index (χ2v) is 6.00. The Labute approximate surface area is 130 Å². The lowest BCUT2D eigenvalue weighted by Gasteiger charge is -2.24.